The van der Waals surface area contributed by atoms with Crippen LogP contribution >= 0.6 is 0 Å². The van der Waals surface area contributed by atoms with Crippen LogP contribution in [0, 0.1) is 6.92 Å². The summed E-state index contributed by atoms with van der Waals surface area (Å²) in [6.45, 7) is 1.97. The first-order valence-corrected chi connectivity index (χ1v) is 13.5. The van der Waals surface area contributed by atoms with Crippen molar-refractivity contribution in [2.75, 3.05) is 28.4 Å². The van der Waals surface area contributed by atoms with Crippen molar-refractivity contribution in [3.63, 3.8) is 0 Å². The molecular weight excluding hydrogens is 544 g/mol. The fraction of sp³-hybridized carbons (Fsp3) is 0.143. The maximum atomic E-state index is 10.1. The second kappa shape index (κ2) is 13.0. The Morgan fingerprint density at radius 3 is 1.26 bits per heavy atom. The molecule has 0 radical (unpaired) electrons. The lowest BCUT2D eigenvalue weighted by Gasteiger charge is -2.11. The Hall–Kier alpha value is -5.50. The standard InChI is InChI=1S/C35H32N2O6/c1-22-29(39-2)18-25(19-30(22)40-3)8-6-23-10-14-27(15-11-23)34-36-37-35(43-34)28-16-12-24(13-17-28)7-9-26-20-31(41-4)33(38)32(21-26)42-5/h6-21,38H,1-5H3/b8-6+,9-7+. The molecule has 1 aromatic heterocycles. The van der Waals surface area contributed by atoms with E-state index in [0.29, 0.717) is 23.3 Å². The molecule has 5 rings (SSSR count). The summed E-state index contributed by atoms with van der Waals surface area (Å²) in [5.41, 5.74) is 6.41. The van der Waals surface area contributed by atoms with Gasteiger partial charge in [-0.25, -0.2) is 0 Å². The zero-order valence-corrected chi connectivity index (χ0v) is 24.6. The quantitative estimate of drug-likeness (QED) is 0.168. The van der Waals surface area contributed by atoms with Crippen LogP contribution in [0.15, 0.2) is 77.2 Å². The number of aromatic nitrogens is 2. The lowest BCUT2D eigenvalue weighted by Crippen LogP contribution is -1.93. The Bertz CT molecular complexity index is 1590. The summed E-state index contributed by atoms with van der Waals surface area (Å²) in [5, 5.41) is 18.6. The van der Waals surface area contributed by atoms with E-state index in [0.717, 1.165) is 50.4 Å². The summed E-state index contributed by atoms with van der Waals surface area (Å²) in [6, 6.07) is 23.1. The molecular formula is C35H32N2O6. The van der Waals surface area contributed by atoms with Crippen LogP contribution < -0.4 is 18.9 Å². The molecule has 0 amide bonds. The van der Waals surface area contributed by atoms with Crippen LogP contribution in [0.25, 0.3) is 47.2 Å². The molecule has 0 spiro atoms. The summed E-state index contributed by atoms with van der Waals surface area (Å²) in [6.07, 6.45) is 7.91. The van der Waals surface area contributed by atoms with Crippen molar-refractivity contribution in [1.29, 1.82) is 0 Å². The monoisotopic (exact) mass is 576 g/mol. The van der Waals surface area contributed by atoms with Gasteiger partial charge in [-0.3, -0.25) is 0 Å². The van der Waals surface area contributed by atoms with Gasteiger partial charge in [0.15, 0.2) is 11.5 Å². The number of nitrogens with zero attached hydrogens (tertiary/aromatic N) is 2. The Labute approximate surface area is 250 Å². The third-order valence-electron chi connectivity index (χ3n) is 6.95. The van der Waals surface area contributed by atoms with Gasteiger partial charge in [-0.15, -0.1) is 10.2 Å². The summed E-state index contributed by atoms with van der Waals surface area (Å²) < 4.78 is 27.4. The van der Waals surface area contributed by atoms with Crippen LogP contribution in [0.4, 0.5) is 0 Å². The number of phenols is 1. The number of benzene rings is 4. The molecule has 0 saturated carbocycles. The molecule has 8 nitrogen and oxygen atoms in total. The highest BCUT2D eigenvalue weighted by atomic mass is 16.5. The fourth-order valence-corrected chi connectivity index (χ4v) is 4.53. The summed E-state index contributed by atoms with van der Waals surface area (Å²) in [5.74, 6) is 3.10. The second-order valence-corrected chi connectivity index (χ2v) is 9.65. The molecule has 0 aliphatic carbocycles. The highest BCUT2D eigenvalue weighted by Gasteiger charge is 2.12. The minimum Gasteiger partial charge on any atom is -0.502 e. The van der Waals surface area contributed by atoms with Gasteiger partial charge in [0.25, 0.3) is 0 Å². The van der Waals surface area contributed by atoms with Crippen LogP contribution in [0.1, 0.15) is 27.8 Å². The molecule has 0 aliphatic rings. The molecule has 5 aromatic rings. The smallest absolute Gasteiger partial charge is 0.248 e. The number of aromatic hydroxyl groups is 1. The second-order valence-electron chi connectivity index (χ2n) is 9.65. The molecule has 43 heavy (non-hydrogen) atoms. The predicted molar refractivity (Wildman–Crippen MR) is 169 cm³/mol. The van der Waals surface area contributed by atoms with E-state index in [1.165, 1.54) is 14.2 Å². The number of hydrogen-bond acceptors (Lipinski definition) is 8. The van der Waals surface area contributed by atoms with Gasteiger partial charge in [0.2, 0.25) is 17.5 Å². The first kappa shape index (κ1) is 29.0. The molecule has 0 unspecified atom stereocenters. The number of rotatable bonds is 10. The maximum Gasteiger partial charge on any atom is 0.248 e. The van der Waals surface area contributed by atoms with Crippen molar-refractivity contribution in [1.82, 2.24) is 10.2 Å². The minimum absolute atomic E-state index is 0.0286. The van der Waals surface area contributed by atoms with Gasteiger partial charge in [-0.1, -0.05) is 48.6 Å². The average Bonchev–Trinajstić information content (AvgIpc) is 3.54. The van der Waals surface area contributed by atoms with Gasteiger partial charge >= 0.3 is 0 Å². The summed E-state index contributed by atoms with van der Waals surface area (Å²) in [4.78, 5) is 0. The van der Waals surface area contributed by atoms with Crippen molar-refractivity contribution in [3.8, 4) is 51.7 Å². The molecule has 0 aliphatic heterocycles. The van der Waals surface area contributed by atoms with Crippen LogP contribution in [-0.2, 0) is 0 Å². The Morgan fingerprint density at radius 1 is 0.535 bits per heavy atom. The van der Waals surface area contributed by atoms with Crippen molar-refractivity contribution in [2.24, 2.45) is 0 Å². The topological polar surface area (TPSA) is 96.1 Å². The van der Waals surface area contributed by atoms with Crippen LogP contribution in [0.3, 0.4) is 0 Å². The van der Waals surface area contributed by atoms with Gasteiger partial charge in [0.05, 0.1) is 28.4 Å². The largest absolute Gasteiger partial charge is 0.502 e. The van der Waals surface area contributed by atoms with Gasteiger partial charge < -0.3 is 28.5 Å². The highest BCUT2D eigenvalue weighted by molar-refractivity contribution is 5.74. The molecule has 1 heterocycles. The van der Waals surface area contributed by atoms with E-state index < -0.39 is 0 Å². The van der Waals surface area contributed by atoms with E-state index in [-0.39, 0.29) is 5.75 Å². The zero-order valence-electron chi connectivity index (χ0n) is 24.6. The SMILES string of the molecule is COc1cc(/C=C/c2ccc(-c3nnc(-c4ccc(/C=C/c5cc(OC)c(O)c(OC)c5)cc4)o3)cc2)cc(OC)c1C. The Kier molecular flexibility index (Phi) is 8.77. The van der Waals surface area contributed by atoms with Gasteiger partial charge in [-0.05, 0) is 77.7 Å². The minimum atomic E-state index is -0.0286. The third kappa shape index (κ3) is 6.54. The number of phenolic OH excluding ortho intramolecular Hbond substituents is 1. The molecule has 218 valence electrons. The Balaban J connectivity index is 1.26. The first-order chi connectivity index (χ1) is 20.9. The van der Waals surface area contributed by atoms with Crippen molar-refractivity contribution in [3.05, 3.63) is 101 Å². The van der Waals surface area contributed by atoms with E-state index in [2.05, 4.69) is 10.2 Å². The third-order valence-corrected chi connectivity index (χ3v) is 6.95. The molecule has 1 N–H and O–H groups in total. The normalized spacial score (nSPS) is 11.3. The molecule has 8 heteroatoms. The molecule has 0 fully saturated rings. The molecule has 0 saturated heterocycles. The fourth-order valence-electron chi connectivity index (χ4n) is 4.53. The summed E-state index contributed by atoms with van der Waals surface area (Å²) >= 11 is 0. The molecule has 0 atom stereocenters. The first-order valence-electron chi connectivity index (χ1n) is 13.5. The average molecular weight is 577 g/mol. The van der Waals surface area contributed by atoms with Crippen LogP contribution in [-0.4, -0.2) is 43.7 Å². The lowest BCUT2D eigenvalue weighted by atomic mass is 10.1. The van der Waals surface area contributed by atoms with Crippen molar-refractivity contribution < 1.29 is 28.5 Å². The van der Waals surface area contributed by atoms with Gasteiger partial charge in [0.1, 0.15) is 11.5 Å². The highest BCUT2D eigenvalue weighted by Crippen LogP contribution is 2.37. The van der Waals surface area contributed by atoms with Gasteiger partial charge in [-0.2, -0.15) is 0 Å². The van der Waals surface area contributed by atoms with E-state index in [1.54, 1.807) is 26.4 Å². The van der Waals surface area contributed by atoms with Crippen molar-refractivity contribution in [2.45, 2.75) is 6.92 Å². The van der Waals surface area contributed by atoms with Crippen LogP contribution in [0.2, 0.25) is 0 Å². The predicted octanol–water partition coefficient (Wildman–Crippen LogP) is 7.79. The van der Waals surface area contributed by atoms with Crippen molar-refractivity contribution >= 4 is 24.3 Å². The maximum absolute atomic E-state index is 10.1. The number of methoxy groups -OCH3 is 4. The lowest BCUT2D eigenvalue weighted by molar-refractivity contribution is 0.340. The van der Waals surface area contributed by atoms with E-state index in [9.17, 15) is 5.11 Å². The Morgan fingerprint density at radius 2 is 0.884 bits per heavy atom. The zero-order chi connectivity index (χ0) is 30.3. The van der Waals surface area contributed by atoms with E-state index >= 15 is 0 Å². The van der Waals surface area contributed by atoms with E-state index in [1.807, 2.05) is 91.9 Å². The van der Waals surface area contributed by atoms with Crippen LogP contribution in [0.5, 0.6) is 28.7 Å². The number of ether oxygens (including phenoxy) is 4. The molecule has 0 bridgehead atoms. The summed E-state index contributed by atoms with van der Waals surface area (Å²) in [7, 11) is 6.31. The number of hydrogen-bond donors (Lipinski definition) is 1. The van der Waals surface area contributed by atoms with Gasteiger partial charge in [0, 0.05) is 16.7 Å². The molecule has 4 aromatic carbocycles. The van der Waals surface area contributed by atoms with E-state index in [4.69, 9.17) is 23.4 Å².